The Morgan fingerprint density at radius 2 is 2.06 bits per heavy atom. The summed E-state index contributed by atoms with van der Waals surface area (Å²) in [5.41, 5.74) is 4.52. The van der Waals surface area contributed by atoms with E-state index < -0.39 is 15.6 Å². The van der Waals surface area contributed by atoms with Gasteiger partial charge in [0.05, 0.1) is 10.8 Å². The van der Waals surface area contributed by atoms with E-state index in [1.807, 2.05) is 0 Å². The summed E-state index contributed by atoms with van der Waals surface area (Å²) in [6, 6.07) is 0. The standard InChI is InChI=1S/C10H21N3O3S/c1-3-10(2,9(11)12-14)13-17(15,16)8-6-4-5-7-8/h8,13-14H,3-7H2,1-2H3,(H2,11,12). The minimum absolute atomic E-state index is 0.110. The maximum absolute atomic E-state index is 12.1. The van der Waals surface area contributed by atoms with Crippen LogP contribution in [0.4, 0.5) is 0 Å². The molecule has 0 aromatic heterocycles. The van der Waals surface area contributed by atoms with Crippen LogP contribution in [0.25, 0.3) is 0 Å². The van der Waals surface area contributed by atoms with Gasteiger partial charge in [-0.3, -0.25) is 0 Å². The molecule has 0 saturated heterocycles. The molecule has 1 aliphatic rings. The van der Waals surface area contributed by atoms with Crippen molar-refractivity contribution in [2.75, 3.05) is 0 Å². The van der Waals surface area contributed by atoms with Crippen LogP contribution in [0.5, 0.6) is 0 Å². The van der Waals surface area contributed by atoms with E-state index in [0.717, 1.165) is 12.8 Å². The van der Waals surface area contributed by atoms with Gasteiger partial charge in [0.1, 0.15) is 0 Å². The van der Waals surface area contributed by atoms with Crippen molar-refractivity contribution in [3.8, 4) is 0 Å². The van der Waals surface area contributed by atoms with E-state index in [2.05, 4.69) is 9.88 Å². The zero-order valence-corrected chi connectivity index (χ0v) is 11.1. The Morgan fingerprint density at radius 3 is 2.47 bits per heavy atom. The second-order valence-electron chi connectivity index (χ2n) is 4.72. The lowest BCUT2D eigenvalue weighted by molar-refractivity contribution is 0.310. The number of nitrogens with one attached hydrogen (secondary N) is 1. The molecule has 6 nitrogen and oxygen atoms in total. The molecule has 7 heteroatoms. The first-order valence-electron chi connectivity index (χ1n) is 5.86. The fourth-order valence-electron chi connectivity index (χ4n) is 2.01. The summed E-state index contributed by atoms with van der Waals surface area (Å²) in [6.07, 6.45) is 3.68. The highest BCUT2D eigenvalue weighted by Crippen LogP contribution is 2.25. The van der Waals surface area contributed by atoms with Crippen LogP contribution < -0.4 is 10.5 Å². The van der Waals surface area contributed by atoms with Gasteiger partial charge in [-0.05, 0) is 26.2 Å². The molecule has 1 rings (SSSR count). The summed E-state index contributed by atoms with van der Waals surface area (Å²) in [5.74, 6) is -0.110. The van der Waals surface area contributed by atoms with Gasteiger partial charge in [0, 0.05) is 0 Å². The van der Waals surface area contributed by atoms with Crippen molar-refractivity contribution in [2.24, 2.45) is 10.9 Å². The van der Waals surface area contributed by atoms with Gasteiger partial charge in [-0.25, -0.2) is 13.1 Å². The molecular formula is C10H21N3O3S. The molecule has 17 heavy (non-hydrogen) atoms. The van der Waals surface area contributed by atoms with E-state index in [9.17, 15) is 8.42 Å². The fraction of sp³-hybridized carbons (Fsp3) is 0.900. The molecule has 1 saturated carbocycles. The Bertz CT molecular complexity index is 388. The summed E-state index contributed by atoms with van der Waals surface area (Å²) >= 11 is 0. The molecule has 1 aliphatic carbocycles. The summed E-state index contributed by atoms with van der Waals surface area (Å²) < 4.78 is 26.8. The van der Waals surface area contributed by atoms with E-state index in [-0.39, 0.29) is 11.1 Å². The number of hydrogen-bond acceptors (Lipinski definition) is 4. The zero-order chi connectivity index (χ0) is 13.1. The highest BCUT2D eigenvalue weighted by molar-refractivity contribution is 7.90. The Balaban J connectivity index is 2.87. The smallest absolute Gasteiger partial charge is 0.215 e. The van der Waals surface area contributed by atoms with Gasteiger partial charge in [0.25, 0.3) is 0 Å². The van der Waals surface area contributed by atoms with Crippen LogP contribution >= 0.6 is 0 Å². The average molecular weight is 263 g/mol. The number of nitrogens with two attached hydrogens (primary N) is 1. The molecule has 0 aromatic rings. The molecular weight excluding hydrogens is 242 g/mol. The lowest BCUT2D eigenvalue weighted by Gasteiger charge is -2.29. The van der Waals surface area contributed by atoms with Gasteiger partial charge < -0.3 is 10.9 Å². The van der Waals surface area contributed by atoms with Crippen molar-refractivity contribution in [3.05, 3.63) is 0 Å². The SMILES string of the molecule is CCC(C)(NS(=O)(=O)C1CCCC1)C(N)=NO. The molecule has 100 valence electrons. The molecule has 1 atom stereocenters. The van der Waals surface area contributed by atoms with Crippen LogP contribution in [0.15, 0.2) is 5.16 Å². The lowest BCUT2D eigenvalue weighted by atomic mass is 10.00. The van der Waals surface area contributed by atoms with Gasteiger partial charge in [-0.15, -0.1) is 0 Å². The molecule has 0 bridgehead atoms. The number of rotatable bonds is 5. The van der Waals surface area contributed by atoms with E-state index in [1.165, 1.54) is 0 Å². The van der Waals surface area contributed by atoms with Gasteiger partial charge in [0.15, 0.2) is 5.84 Å². The van der Waals surface area contributed by atoms with Gasteiger partial charge >= 0.3 is 0 Å². The first-order valence-corrected chi connectivity index (χ1v) is 7.41. The Labute approximate surface area is 102 Å². The normalized spacial score (nSPS) is 22.6. The minimum atomic E-state index is -3.41. The number of oxime groups is 1. The minimum Gasteiger partial charge on any atom is -0.409 e. The largest absolute Gasteiger partial charge is 0.409 e. The van der Waals surface area contributed by atoms with Gasteiger partial charge in [0.2, 0.25) is 10.0 Å². The first kappa shape index (κ1) is 14.2. The molecule has 1 unspecified atom stereocenters. The summed E-state index contributed by atoms with van der Waals surface area (Å²) in [7, 11) is -3.41. The second kappa shape index (κ2) is 5.22. The van der Waals surface area contributed by atoms with Crippen LogP contribution in [-0.2, 0) is 10.0 Å². The highest BCUT2D eigenvalue weighted by atomic mass is 32.2. The lowest BCUT2D eigenvalue weighted by Crippen LogP contribution is -2.56. The molecule has 0 amide bonds. The molecule has 0 radical (unpaired) electrons. The van der Waals surface area contributed by atoms with Crippen LogP contribution in [0.2, 0.25) is 0 Å². The zero-order valence-electron chi connectivity index (χ0n) is 10.3. The van der Waals surface area contributed by atoms with E-state index in [1.54, 1.807) is 13.8 Å². The first-order chi connectivity index (χ1) is 7.85. The number of amidine groups is 1. The third-order valence-corrected chi connectivity index (χ3v) is 5.57. The van der Waals surface area contributed by atoms with E-state index >= 15 is 0 Å². The monoisotopic (exact) mass is 263 g/mol. The van der Waals surface area contributed by atoms with Crippen LogP contribution in [0, 0.1) is 0 Å². The molecule has 0 aliphatic heterocycles. The third-order valence-electron chi connectivity index (χ3n) is 3.49. The maximum atomic E-state index is 12.1. The molecule has 1 fully saturated rings. The number of hydrogen-bond donors (Lipinski definition) is 3. The fourth-order valence-corrected chi connectivity index (χ4v) is 4.01. The summed E-state index contributed by atoms with van der Waals surface area (Å²) in [5, 5.41) is 11.3. The van der Waals surface area contributed by atoms with Gasteiger partial charge in [-0.2, -0.15) is 0 Å². The maximum Gasteiger partial charge on any atom is 0.215 e. The third kappa shape index (κ3) is 3.10. The quantitative estimate of drug-likeness (QED) is 0.295. The van der Waals surface area contributed by atoms with Crippen LogP contribution in [0.1, 0.15) is 46.0 Å². The van der Waals surface area contributed by atoms with Crippen molar-refractivity contribution in [1.82, 2.24) is 4.72 Å². The van der Waals surface area contributed by atoms with Crippen molar-refractivity contribution < 1.29 is 13.6 Å². The summed E-state index contributed by atoms with van der Waals surface area (Å²) in [4.78, 5) is 0. The predicted molar refractivity (Wildman–Crippen MR) is 66.4 cm³/mol. The van der Waals surface area contributed by atoms with Crippen molar-refractivity contribution >= 4 is 15.9 Å². The van der Waals surface area contributed by atoms with Crippen molar-refractivity contribution in [2.45, 2.75) is 56.7 Å². The van der Waals surface area contributed by atoms with Crippen molar-refractivity contribution in [1.29, 1.82) is 0 Å². The molecule has 0 aromatic carbocycles. The summed E-state index contributed by atoms with van der Waals surface area (Å²) in [6.45, 7) is 3.41. The van der Waals surface area contributed by atoms with Crippen LogP contribution in [0.3, 0.4) is 0 Å². The Kier molecular flexibility index (Phi) is 4.37. The van der Waals surface area contributed by atoms with E-state index in [0.29, 0.717) is 19.3 Å². The van der Waals surface area contributed by atoms with Gasteiger partial charge in [-0.1, -0.05) is 24.9 Å². The Hall–Kier alpha value is -0.820. The molecule has 0 heterocycles. The Morgan fingerprint density at radius 1 is 1.53 bits per heavy atom. The highest BCUT2D eigenvalue weighted by Gasteiger charge is 2.37. The molecule has 0 spiro atoms. The average Bonchev–Trinajstić information content (AvgIpc) is 2.81. The van der Waals surface area contributed by atoms with Crippen molar-refractivity contribution in [3.63, 3.8) is 0 Å². The molecule has 4 N–H and O–H groups in total. The van der Waals surface area contributed by atoms with E-state index in [4.69, 9.17) is 10.9 Å². The van der Waals surface area contributed by atoms with Crippen LogP contribution in [-0.4, -0.2) is 30.2 Å². The number of sulfonamides is 1. The topological polar surface area (TPSA) is 105 Å². The predicted octanol–water partition coefficient (Wildman–Crippen LogP) is 0.763. The number of nitrogens with zero attached hydrogens (tertiary/aromatic N) is 1. The second-order valence-corrected chi connectivity index (χ2v) is 6.69.